The fourth-order valence-corrected chi connectivity index (χ4v) is 2.85. The Kier molecular flexibility index (Phi) is 5.36. The van der Waals surface area contributed by atoms with Crippen LogP contribution < -0.4 is 0 Å². The number of ether oxygens (including phenoxy) is 1. The molecule has 0 spiro atoms. The molecule has 1 heterocycles. The number of halogens is 1. The van der Waals surface area contributed by atoms with Gasteiger partial charge in [-0.2, -0.15) is 0 Å². The lowest BCUT2D eigenvalue weighted by atomic mass is 10.1. The van der Waals surface area contributed by atoms with Gasteiger partial charge in [0, 0.05) is 17.6 Å². The largest absolute Gasteiger partial charge is 0.479 e. The summed E-state index contributed by atoms with van der Waals surface area (Å²) in [6, 6.07) is 7.77. The van der Waals surface area contributed by atoms with Gasteiger partial charge in [0.1, 0.15) is 6.10 Å². The first-order chi connectivity index (χ1) is 10.0. The predicted molar refractivity (Wildman–Crippen MR) is 80.8 cm³/mol. The van der Waals surface area contributed by atoms with E-state index in [4.69, 9.17) is 9.84 Å². The molecule has 1 aromatic rings. The number of carbonyl (C=O) groups excluding carboxylic acids is 1. The van der Waals surface area contributed by atoms with Crippen molar-refractivity contribution < 1.29 is 19.4 Å². The quantitative estimate of drug-likeness (QED) is 0.880. The summed E-state index contributed by atoms with van der Waals surface area (Å²) in [5.74, 6) is -1.14. The zero-order valence-electron chi connectivity index (χ0n) is 11.8. The van der Waals surface area contributed by atoms with Crippen molar-refractivity contribution in [2.45, 2.75) is 38.5 Å². The summed E-state index contributed by atoms with van der Waals surface area (Å²) in [6.45, 7) is 2.95. The second-order valence-electron chi connectivity index (χ2n) is 5.01. The third-order valence-corrected chi connectivity index (χ3v) is 4.02. The number of carboxylic acids is 1. The summed E-state index contributed by atoms with van der Waals surface area (Å²) in [7, 11) is 0. The Bertz CT molecular complexity index is 534. The van der Waals surface area contributed by atoms with E-state index in [2.05, 4.69) is 15.9 Å². The highest BCUT2D eigenvalue weighted by atomic mass is 79.9. The number of hydrogen-bond acceptors (Lipinski definition) is 3. The zero-order chi connectivity index (χ0) is 15.4. The standard InChI is InChI=1S/C15H18BrNO4/c1-2-17(9-10-4-3-5-11(16)8-10)14(18)12-6-7-13(21-12)15(19)20/h3-5,8,12-13H,2,6-7,9H2,1H3,(H,19,20)/t12-,13+/m0/s1. The minimum atomic E-state index is -1.000. The number of amides is 1. The first-order valence-electron chi connectivity index (χ1n) is 6.92. The molecule has 1 saturated heterocycles. The Hall–Kier alpha value is -1.40. The van der Waals surface area contributed by atoms with Crippen LogP contribution in [0.1, 0.15) is 25.3 Å². The summed E-state index contributed by atoms with van der Waals surface area (Å²) < 4.78 is 6.29. The maximum Gasteiger partial charge on any atom is 0.332 e. The number of likely N-dealkylation sites (N-methyl/N-ethyl adjacent to an activating group) is 1. The van der Waals surface area contributed by atoms with Crippen LogP contribution in [0, 0.1) is 0 Å². The van der Waals surface area contributed by atoms with Gasteiger partial charge in [0.25, 0.3) is 5.91 Å². The molecule has 2 atom stereocenters. The predicted octanol–water partition coefficient (Wildman–Crippen LogP) is 2.43. The first kappa shape index (κ1) is 16.0. The number of benzene rings is 1. The van der Waals surface area contributed by atoms with E-state index in [0.717, 1.165) is 10.0 Å². The van der Waals surface area contributed by atoms with E-state index in [-0.39, 0.29) is 5.91 Å². The van der Waals surface area contributed by atoms with Crippen molar-refractivity contribution in [3.8, 4) is 0 Å². The number of hydrogen-bond donors (Lipinski definition) is 1. The lowest BCUT2D eigenvalue weighted by Gasteiger charge is -2.24. The SMILES string of the molecule is CCN(Cc1cccc(Br)c1)C(=O)[C@@H]1CC[C@H](C(=O)O)O1. The molecule has 114 valence electrons. The average molecular weight is 356 g/mol. The molecule has 0 bridgehead atoms. The highest BCUT2D eigenvalue weighted by Crippen LogP contribution is 2.22. The Morgan fingerprint density at radius 1 is 1.38 bits per heavy atom. The fraction of sp³-hybridized carbons (Fsp3) is 0.467. The molecule has 1 aliphatic heterocycles. The lowest BCUT2D eigenvalue weighted by molar-refractivity contribution is -0.155. The maximum absolute atomic E-state index is 12.4. The highest BCUT2D eigenvalue weighted by Gasteiger charge is 2.36. The summed E-state index contributed by atoms with van der Waals surface area (Å²) >= 11 is 3.41. The van der Waals surface area contributed by atoms with Gasteiger partial charge in [-0.05, 0) is 37.5 Å². The fourth-order valence-electron chi connectivity index (χ4n) is 2.41. The van der Waals surface area contributed by atoms with Crippen molar-refractivity contribution in [1.82, 2.24) is 4.90 Å². The summed E-state index contributed by atoms with van der Waals surface area (Å²) in [5, 5.41) is 8.92. The van der Waals surface area contributed by atoms with E-state index < -0.39 is 18.2 Å². The normalized spacial score (nSPS) is 21.2. The first-order valence-corrected chi connectivity index (χ1v) is 7.72. The monoisotopic (exact) mass is 355 g/mol. The average Bonchev–Trinajstić information content (AvgIpc) is 2.94. The van der Waals surface area contributed by atoms with E-state index in [1.807, 2.05) is 31.2 Å². The van der Waals surface area contributed by atoms with Crippen molar-refractivity contribution in [1.29, 1.82) is 0 Å². The van der Waals surface area contributed by atoms with Crippen LogP contribution in [-0.4, -0.2) is 40.6 Å². The van der Waals surface area contributed by atoms with Gasteiger partial charge in [-0.15, -0.1) is 0 Å². The Morgan fingerprint density at radius 2 is 2.10 bits per heavy atom. The molecule has 0 saturated carbocycles. The molecule has 0 radical (unpaired) electrons. The molecule has 0 aromatic heterocycles. The molecule has 1 amide bonds. The number of carboxylic acid groups (broad SMARTS) is 1. The molecule has 1 aromatic carbocycles. The molecular weight excluding hydrogens is 338 g/mol. The summed E-state index contributed by atoms with van der Waals surface area (Å²) in [6.07, 6.45) is -0.646. The second-order valence-corrected chi connectivity index (χ2v) is 5.93. The van der Waals surface area contributed by atoms with Gasteiger partial charge >= 0.3 is 5.97 Å². The second kappa shape index (κ2) is 7.04. The van der Waals surface area contributed by atoms with Crippen molar-refractivity contribution in [2.24, 2.45) is 0 Å². The minimum Gasteiger partial charge on any atom is -0.479 e. The topological polar surface area (TPSA) is 66.8 Å². The van der Waals surface area contributed by atoms with E-state index in [1.165, 1.54) is 0 Å². The number of aliphatic carboxylic acids is 1. The highest BCUT2D eigenvalue weighted by molar-refractivity contribution is 9.10. The molecule has 6 heteroatoms. The van der Waals surface area contributed by atoms with Crippen LogP contribution in [0.15, 0.2) is 28.7 Å². The van der Waals surface area contributed by atoms with Gasteiger partial charge in [0.2, 0.25) is 0 Å². The molecule has 1 aliphatic rings. The lowest BCUT2D eigenvalue weighted by Crippen LogP contribution is -2.39. The van der Waals surface area contributed by atoms with E-state index in [9.17, 15) is 9.59 Å². The van der Waals surface area contributed by atoms with Gasteiger partial charge in [0.15, 0.2) is 6.10 Å². The van der Waals surface area contributed by atoms with Crippen molar-refractivity contribution in [3.05, 3.63) is 34.3 Å². The van der Waals surface area contributed by atoms with E-state index in [0.29, 0.717) is 25.9 Å². The van der Waals surface area contributed by atoms with Crippen LogP contribution in [0.2, 0.25) is 0 Å². The number of rotatable bonds is 5. The van der Waals surface area contributed by atoms with Crippen LogP contribution in [-0.2, 0) is 20.9 Å². The van der Waals surface area contributed by atoms with E-state index >= 15 is 0 Å². The van der Waals surface area contributed by atoms with Crippen LogP contribution in [0.4, 0.5) is 0 Å². The molecule has 0 aliphatic carbocycles. The Balaban J connectivity index is 2.01. The van der Waals surface area contributed by atoms with Crippen LogP contribution >= 0.6 is 15.9 Å². The minimum absolute atomic E-state index is 0.138. The number of carbonyl (C=O) groups is 2. The van der Waals surface area contributed by atoms with Gasteiger partial charge < -0.3 is 14.7 Å². The smallest absolute Gasteiger partial charge is 0.332 e. The Labute approximate surface area is 132 Å². The van der Waals surface area contributed by atoms with Crippen molar-refractivity contribution in [2.75, 3.05) is 6.54 Å². The molecule has 5 nitrogen and oxygen atoms in total. The van der Waals surface area contributed by atoms with Crippen molar-refractivity contribution >= 4 is 27.8 Å². The van der Waals surface area contributed by atoms with E-state index in [1.54, 1.807) is 4.90 Å². The van der Waals surface area contributed by atoms with Crippen LogP contribution in [0.5, 0.6) is 0 Å². The van der Waals surface area contributed by atoms with Gasteiger partial charge in [-0.1, -0.05) is 28.1 Å². The summed E-state index contributed by atoms with van der Waals surface area (Å²) in [5.41, 5.74) is 1.02. The molecule has 0 unspecified atom stereocenters. The van der Waals surface area contributed by atoms with Crippen LogP contribution in [0.3, 0.4) is 0 Å². The molecule has 21 heavy (non-hydrogen) atoms. The maximum atomic E-state index is 12.4. The van der Waals surface area contributed by atoms with Crippen molar-refractivity contribution in [3.63, 3.8) is 0 Å². The van der Waals surface area contributed by atoms with Gasteiger partial charge in [-0.25, -0.2) is 4.79 Å². The molecule has 1 N–H and O–H groups in total. The zero-order valence-corrected chi connectivity index (χ0v) is 13.4. The molecule has 2 rings (SSSR count). The summed E-state index contributed by atoms with van der Waals surface area (Å²) in [4.78, 5) is 25.0. The third-order valence-electron chi connectivity index (χ3n) is 3.53. The van der Waals surface area contributed by atoms with Gasteiger partial charge in [0.05, 0.1) is 0 Å². The molecule has 1 fully saturated rings. The van der Waals surface area contributed by atoms with Crippen LogP contribution in [0.25, 0.3) is 0 Å². The molecular formula is C15H18BrNO4. The Morgan fingerprint density at radius 3 is 2.67 bits per heavy atom. The third kappa shape index (κ3) is 4.04. The number of nitrogens with zero attached hydrogens (tertiary/aromatic N) is 1. The van der Waals surface area contributed by atoms with Gasteiger partial charge in [-0.3, -0.25) is 4.79 Å².